The van der Waals surface area contributed by atoms with Crippen molar-refractivity contribution in [3.8, 4) is 5.75 Å². The molecule has 0 saturated heterocycles. The second-order valence-electron chi connectivity index (χ2n) is 4.83. The first-order valence-electron chi connectivity index (χ1n) is 6.21. The fraction of sp³-hybridized carbons (Fsp3) is 0.250. The molecule has 0 spiro atoms. The Morgan fingerprint density at radius 1 is 0.950 bits per heavy atom. The van der Waals surface area contributed by atoms with Crippen LogP contribution in [0.2, 0.25) is 0 Å². The SMILES string of the molecule is COc1cc(F)c(C(O)c2cc(C)cc(C)c2)c(F)c1. The molecule has 2 rings (SSSR count). The summed E-state index contributed by atoms with van der Waals surface area (Å²) in [7, 11) is 1.33. The zero-order valence-corrected chi connectivity index (χ0v) is 11.6. The van der Waals surface area contributed by atoms with E-state index in [9.17, 15) is 13.9 Å². The van der Waals surface area contributed by atoms with E-state index in [-0.39, 0.29) is 11.3 Å². The number of methoxy groups -OCH3 is 1. The van der Waals surface area contributed by atoms with Gasteiger partial charge in [-0.3, -0.25) is 0 Å². The standard InChI is InChI=1S/C16H16F2O2/c1-9-4-10(2)6-11(5-9)16(19)15-13(17)7-12(20-3)8-14(15)18/h4-8,16,19H,1-3H3. The number of hydrogen-bond acceptors (Lipinski definition) is 2. The maximum Gasteiger partial charge on any atom is 0.135 e. The minimum Gasteiger partial charge on any atom is -0.497 e. The fourth-order valence-electron chi connectivity index (χ4n) is 2.27. The predicted molar refractivity (Wildman–Crippen MR) is 72.9 cm³/mol. The smallest absolute Gasteiger partial charge is 0.135 e. The topological polar surface area (TPSA) is 29.5 Å². The molecule has 20 heavy (non-hydrogen) atoms. The van der Waals surface area contributed by atoms with Crippen molar-refractivity contribution in [2.45, 2.75) is 20.0 Å². The molecule has 0 amide bonds. The van der Waals surface area contributed by atoms with Crippen LogP contribution in [0.4, 0.5) is 8.78 Å². The number of halogens is 2. The van der Waals surface area contributed by atoms with Crippen molar-refractivity contribution in [1.82, 2.24) is 0 Å². The van der Waals surface area contributed by atoms with Gasteiger partial charge in [-0.25, -0.2) is 8.78 Å². The summed E-state index contributed by atoms with van der Waals surface area (Å²) in [4.78, 5) is 0. The summed E-state index contributed by atoms with van der Waals surface area (Å²) in [6.45, 7) is 3.73. The lowest BCUT2D eigenvalue weighted by Crippen LogP contribution is -2.07. The maximum absolute atomic E-state index is 14.0. The second-order valence-corrected chi connectivity index (χ2v) is 4.83. The van der Waals surface area contributed by atoms with Crippen molar-refractivity contribution in [3.05, 3.63) is 64.2 Å². The molecule has 0 aliphatic carbocycles. The van der Waals surface area contributed by atoms with Gasteiger partial charge in [0, 0.05) is 12.1 Å². The Morgan fingerprint density at radius 3 is 1.90 bits per heavy atom. The number of aliphatic hydroxyl groups is 1. The van der Waals surface area contributed by atoms with Gasteiger partial charge in [-0.2, -0.15) is 0 Å². The second kappa shape index (κ2) is 5.59. The van der Waals surface area contributed by atoms with E-state index < -0.39 is 17.7 Å². The van der Waals surface area contributed by atoms with Crippen molar-refractivity contribution >= 4 is 0 Å². The Bertz CT molecular complexity index is 595. The van der Waals surface area contributed by atoms with Crippen molar-refractivity contribution in [2.75, 3.05) is 7.11 Å². The third kappa shape index (κ3) is 2.80. The zero-order valence-electron chi connectivity index (χ0n) is 11.6. The minimum atomic E-state index is -1.35. The molecule has 0 aromatic heterocycles. The van der Waals surface area contributed by atoms with E-state index >= 15 is 0 Å². The highest BCUT2D eigenvalue weighted by Gasteiger charge is 2.21. The molecule has 1 unspecified atom stereocenters. The number of rotatable bonds is 3. The van der Waals surface area contributed by atoms with Gasteiger partial charge in [-0.05, 0) is 19.4 Å². The average Bonchev–Trinajstić information content (AvgIpc) is 2.36. The summed E-state index contributed by atoms with van der Waals surface area (Å²) in [6, 6.07) is 7.47. The number of aryl methyl sites for hydroxylation is 2. The average molecular weight is 278 g/mol. The first-order chi connectivity index (χ1) is 9.42. The molecule has 0 heterocycles. The largest absolute Gasteiger partial charge is 0.497 e. The quantitative estimate of drug-likeness (QED) is 0.928. The Hall–Kier alpha value is -1.94. The summed E-state index contributed by atoms with van der Waals surface area (Å²) >= 11 is 0. The molecule has 0 saturated carbocycles. The first kappa shape index (κ1) is 14.5. The van der Waals surface area contributed by atoms with Gasteiger partial charge in [0.1, 0.15) is 23.5 Å². The van der Waals surface area contributed by atoms with Crippen LogP contribution in [0.3, 0.4) is 0 Å². The van der Waals surface area contributed by atoms with Gasteiger partial charge in [-0.15, -0.1) is 0 Å². The van der Waals surface area contributed by atoms with Gasteiger partial charge in [0.2, 0.25) is 0 Å². The van der Waals surface area contributed by atoms with Gasteiger partial charge in [-0.1, -0.05) is 29.3 Å². The van der Waals surface area contributed by atoms with E-state index in [2.05, 4.69) is 0 Å². The third-order valence-electron chi connectivity index (χ3n) is 3.12. The molecule has 1 atom stereocenters. The lowest BCUT2D eigenvalue weighted by Gasteiger charge is -2.15. The van der Waals surface area contributed by atoms with Crippen LogP contribution < -0.4 is 4.74 Å². The summed E-state index contributed by atoms with van der Waals surface area (Å²) < 4.78 is 32.7. The van der Waals surface area contributed by atoms with Crippen LogP contribution in [-0.2, 0) is 0 Å². The Morgan fingerprint density at radius 2 is 1.45 bits per heavy atom. The monoisotopic (exact) mass is 278 g/mol. The van der Waals surface area contributed by atoms with Gasteiger partial charge >= 0.3 is 0 Å². The highest BCUT2D eigenvalue weighted by atomic mass is 19.1. The van der Waals surface area contributed by atoms with E-state index in [0.717, 1.165) is 23.3 Å². The zero-order chi connectivity index (χ0) is 14.9. The lowest BCUT2D eigenvalue weighted by molar-refractivity contribution is 0.208. The van der Waals surface area contributed by atoms with E-state index in [1.165, 1.54) is 7.11 Å². The van der Waals surface area contributed by atoms with Crippen LogP contribution in [0.15, 0.2) is 30.3 Å². The molecule has 0 aliphatic heterocycles. The van der Waals surface area contributed by atoms with E-state index in [1.54, 1.807) is 12.1 Å². The van der Waals surface area contributed by atoms with Crippen molar-refractivity contribution in [1.29, 1.82) is 0 Å². The first-order valence-corrected chi connectivity index (χ1v) is 6.21. The van der Waals surface area contributed by atoms with Gasteiger partial charge in [0.15, 0.2) is 0 Å². The highest BCUT2D eigenvalue weighted by molar-refractivity contribution is 5.39. The predicted octanol–water partition coefficient (Wildman–Crippen LogP) is 3.67. The lowest BCUT2D eigenvalue weighted by atomic mass is 9.97. The molecule has 0 radical (unpaired) electrons. The van der Waals surface area contributed by atoms with Crippen LogP contribution in [0.5, 0.6) is 5.75 Å². The van der Waals surface area contributed by atoms with Crippen molar-refractivity contribution in [3.63, 3.8) is 0 Å². The van der Waals surface area contributed by atoms with Gasteiger partial charge < -0.3 is 9.84 Å². The normalized spacial score (nSPS) is 12.3. The molecule has 0 aliphatic rings. The van der Waals surface area contributed by atoms with E-state index in [1.807, 2.05) is 19.9 Å². The molecule has 1 N–H and O–H groups in total. The van der Waals surface area contributed by atoms with E-state index in [0.29, 0.717) is 5.56 Å². The van der Waals surface area contributed by atoms with Crippen LogP contribution >= 0.6 is 0 Å². The number of aliphatic hydroxyl groups excluding tert-OH is 1. The van der Waals surface area contributed by atoms with Crippen LogP contribution in [-0.4, -0.2) is 12.2 Å². The molecule has 2 nitrogen and oxygen atoms in total. The molecular weight excluding hydrogens is 262 g/mol. The van der Waals surface area contributed by atoms with E-state index in [4.69, 9.17) is 4.74 Å². The molecule has 106 valence electrons. The molecular formula is C16H16F2O2. The van der Waals surface area contributed by atoms with Crippen molar-refractivity contribution < 1.29 is 18.6 Å². The Kier molecular flexibility index (Phi) is 4.04. The Balaban J connectivity index is 2.50. The minimum absolute atomic E-state index is 0.0800. The molecule has 0 fully saturated rings. The van der Waals surface area contributed by atoms with Crippen LogP contribution in [0.25, 0.3) is 0 Å². The highest BCUT2D eigenvalue weighted by Crippen LogP contribution is 2.30. The number of ether oxygens (including phenoxy) is 1. The summed E-state index contributed by atoms with van der Waals surface area (Å²) in [5.41, 5.74) is 1.95. The summed E-state index contributed by atoms with van der Waals surface area (Å²) in [5, 5.41) is 10.2. The maximum atomic E-state index is 14.0. The number of benzene rings is 2. The molecule has 0 bridgehead atoms. The molecule has 2 aromatic rings. The van der Waals surface area contributed by atoms with Gasteiger partial charge in [0.25, 0.3) is 0 Å². The fourth-order valence-corrected chi connectivity index (χ4v) is 2.27. The number of hydrogen-bond donors (Lipinski definition) is 1. The molecule has 4 heteroatoms. The van der Waals surface area contributed by atoms with Crippen molar-refractivity contribution in [2.24, 2.45) is 0 Å². The van der Waals surface area contributed by atoms with Crippen LogP contribution in [0, 0.1) is 25.5 Å². The molecule has 2 aromatic carbocycles. The third-order valence-corrected chi connectivity index (χ3v) is 3.12. The summed E-state index contributed by atoms with van der Waals surface area (Å²) in [5.74, 6) is -1.57. The van der Waals surface area contributed by atoms with Crippen LogP contribution in [0.1, 0.15) is 28.4 Å². The van der Waals surface area contributed by atoms with Gasteiger partial charge in [0.05, 0.1) is 12.7 Å². The Labute approximate surface area is 116 Å². The summed E-state index contributed by atoms with van der Waals surface area (Å²) in [6.07, 6.45) is -1.35.